The van der Waals surface area contributed by atoms with Crippen LogP contribution >= 0.6 is 11.6 Å². The summed E-state index contributed by atoms with van der Waals surface area (Å²) in [6.45, 7) is 2.27. The lowest BCUT2D eigenvalue weighted by Crippen LogP contribution is -2.34. The van der Waals surface area contributed by atoms with Crippen molar-refractivity contribution in [1.82, 2.24) is 4.90 Å². The van der Waals surface area contributed by atoms with Gasteiger partial charge in [0.05, 0.1) is 11.3 Å². The van der Waals surface area contributed by atoms with Gasteiger partial charge in [-0.25, -0.2) is 4.79 Å². The lowest BCUT2D eigenvalue weighted by atomic mass is 10.1. The quantitative estimate of drug-likeness (QED) is 0.894. The molecule has 3 rings (SSSR count). The molecule has 2 atom stereocenters. The molecule has 1 aromatic rings. The van der Waals surface area contributed by atoms with Gasteiger partial charge in [0.15, 0.2) is 0 Å². The molecule has 19 heavy (non-hydrogen) atoms. The molecule has 0 saturated carbocycles. The number of anilines is 1. The molecule has 0 aliphatic carbocycles. The zero-order chi connectivity index (χ0) is 13.4. The van der Waals surface area contributed by atoms with Crippen LogP contribution in [0, 0.1) is 0 Å². The Morgan fingerprint density at radius 1 is 1.37 bits per heavy atom. The highest BCUT2D eigenvalue weighted by Crippen LogP contribution is 2.31. The maximum atomic E-state index is 11.2. The second kappa shape index (κ2) is 5.02. The predicted octanol–water partition coefficient (Wildman–Crippen LogP) is 2.69. The van der Waals surface area contributed by atoms with Gasteiger partial charge < -0.3 is 10.4 Å². The minimum Gasteiger partial charge on any atom is -0.478 e. The van der Waals surface area contributed by atoms with Gasteiger partial charge >= 0.3 is 5.97 Å². The van der Waals surface area contributed by atoms with Crippen LogP contribution in [0.25, 0.3) is 0 Å². The van der Waals surface area contributed by atoms with Crippen molar-refractivity contribution in [3.05, 3.63) is 28.8 Å². The zero-order valence-corrected chi connectivity index (χ0v) is 11.4. The van der Waals surface area contributed by atoms with Crippen LogP contribution in [-0.4, -0.2) is 41.1 Å². The van der Waals surface area contributed by atoms with Gasteiger partial charge in [0.25, 0.3) is 0 Å². The van der Waals surface area contributed by atoms with Crippen molar-refractivity contribution in [2.45, 2.75) is 31.3 Å². The maximum Gasteiger partial charge on any atom is 0.337 e. The third-order valence-corrected chi connectivity index (χ3v) is 4.39. The lowest BCUT2D eigenvalue weighted by Gasteiger charge is -2.23. The van der Waals surface area contributed by atoms with E-state index in [9.17, 15) is 9.90 Å². The molecule has 0 aromatic heterocycles. The number of nitrogens with zero attached hydrogens (tertiary/aromatic N) is 1. The number of hydrogen-bond donors (Lipinski definition) is 2. The van der Waals surface area contributed by atoms with Gasteiger partial charge in [-0.3, -0.25) is 4.90 Å². The van der Waals surface area contributed by atoms with E-state index in [2.05, 4.69) is 10.2 Å². The molecule has 2 N–H and O–H groups in total. The monoisotopic (exact) mass is 280 g/mol. The molecule has 102 valence electrons. The van der Waals surface area contributed by atoms with Gasteiger partial charge in [-0.1, -0.05) is 11.6 Å². The topological polar surface area (TPSA) is 52.6 Å². The fourth-order valence-electron chi connectivity index (χ4n) is 3.27. The molecular formula is C14H17ClN2O2. The fraction of sp³-hybridized carbons (Fsp3) is 0.500. The number of aromatic carboxylic acids is 1. The van der Waals surface area contributed by atoms with Crippen molar-refractivity contribution in [3.63, 3.8) is 0 Å². The molecule has 0 spiro atoms. The van der Waals surface area contributed by atoms with E-state index in [4.69, 9.17) is 11.6 Å². The summed E-state index contributed by atoms with van der Waals surface area (Å²) >= 11 is 5.97. The smallest absolute Gasteiger partial charge is 0.337 e. The second-order valence-electron chi connectivity index (χ2n) is 5.28. The largest absolute Gasteiger partial charge is 0.478 e. The first-order valence-corrected chi connectivity index (χ1v) is 7.06. The third-order valence-electron chi connectivity index (χ3n) is 4.16. The molecular weight excluding hydrogens is 264 g/mol. The molecule has 0 amide bonds. The van der Waals surface area contributed by atoms with Gasteiger partial charge in [-0.15, -0.1) is 0 Å². The Balaban J connectivity index is 1.83. The molecule has 2 saturated heterocycles. The van der Waals surface area contributed by atoms with Gasteiger partial charge in [0.1, 0.15) is 0 Å². The number of nitrogens with one attached hydrogen (secondary N) is 1. The Bertz CT molecular complexity index is 506. The van der Waals surface area contributed by atoms with Crippen LogP contribution in [-0.2, 0) is 0 Å². The second-order valence-corrected chi connectivity index (χ2v) is 5.72. The van der Waals surface area contributed by atoms with E-state index in [1.54, 1.807) is 18.2 Å². The van der Waals surface area contributed by atoms with E-state index in [-0.39, 0.29) is 0 Å². The summed E-state index contributed by atoms with van der Waals surface area (Å²) < 4.78 is 0. The number of rotatable bonds is 3. The average Bonchev–Trinajstić information content (AvgIpc) is 2.94. The number of halogens is 1. The van der Waals surface area contributed by atoms with Crippen LogP contribution in [0.4, 0.5) is 5.69 Å². The summed E-state index contributed by atoms with van der Waals surface area (Å²) in [4.78, 5) is 13.7. The lowest BCUT2D eigenvalue weighted by molar-refractivity contribution is 0.0698. The molecule has 5 heteroatoms. The van der Waals surface area contributed by atoms with Crippen molar-refractivity contribution < 1.29 is 9.90 Å². The van der Waals surface area contributed by atoms with Gasteiger partial charge in [-0.05, 0) is 44.0 Å². The van der Waals surface area contributed by atoms with Crippen molar-refractivity contribution in [2.75, 3.05) is 18.4 Å². The Morgan fingerprint density at radius 2 is 2.21 bits per heavy atom. The highest BCUT2D eigenvalue weighted by Gasteiger charge is 2.37. The van der Waals surface area contributed by atoms with Crippen LogP contribution in [0.15, 0.2) is 18.2 Å². The number of benzene rings is 1. The molecule has 2 fully saturated rings. The standard InChI is InChI=1S/C14H17ClN2O2/c15-9-3-4-10(14(18)19)12(8-9)16-11-5-7-17-6-1-2-13(11)17/h3-4,8,11,13,16H,1-2,5-7H2,(H,18,19). The van der Waals surface area contributed by atoms with Crippen molar-refractivity contribution >= 4 is 23.3 Å². The molecule has 2 heterocycles. The number of hydrogen-bond acceptors (Lipinski definition) is 3. The molecule has 2 aliphatic rings. The molecule has 1 aromatic carbocycles. The summed E-state index contributed by atoms with van der Waals surface area (Å²) in [6, 6.07) is 5.77. The number of carboxylic acid groups (broad SMARTS) is 1. The molecule has 4 nitrogen and oxygen atoms in total. The van der Waals surface area contributed by atoms with Crippen LogP contribution in [0.5, 0.6) is 0 Å². The highest BCUT2D eigenvalue weighted by molar-refractivity contribution is 6.31. The number of carboxylic acids is 1. The van der Waals surface area contributed by atoms with Crippen molar-refractivity contribution in [3.8, 4) is 0 Å². The van der Waals surface area contributed by atoms with Crippen molar-refractivity contribution in [1.29, 1.82) is 0 Å². The third kappa shape index (κ3) is 2.42. The number of carbonyl (C=O) groups is 1. The van der Waals surface area contributed by atoms with Gasteiger partial charge in [-0.2, -0.15) is 0 Å². The fourth-order valence-corrected chi connectivity index (χ4v) is 3.45. The van der Waals surface area contributed by atoms with Crippen LogP contribution in [0.1, 0.15) is 29.6 Å². The summed E-state index contributed by atoms with van der Waals surface area (Å²) in [5.74, 6) is -0.916. The normalized spacial score (nSPS) is 26.4. The first-order valence-electron chi connectivity index (χ1n) is 6.68. The first kappa shape index (κ1) is 12.8. The predicted molar refractivity (Wildman–Crippen MR) is 75.0 cm³/mol. The molecule has 2 aliphatic heterocycles. The molecule has 0 radical (unpaired) electrons. The van der Waals surface area contributed by atoms with E-state index >= 15 is 0 Å². The van der Waals surface area contributed by atoms with Gasteiger partial charge in [0.2, 0.25) is 0 Å². The van der Waals surface area contributed by atoms with E-state index in [1.807, 2.05) is 0 Å². The highest BCUT2D eigenvalue weighted by atomic mass is 35.5. The van der Waals surface area contributed by atoms with E-state index in [1.165, 1.54) is 19.4 Å². The zero-order valence-electron chi connectivity index (χ0n) is 10.6. The van der Waals surface area contributed by atoms with Crippen LogP contribution < -0.4 is 5.32 Å². The minimum absolute atomic E-state index is 0.292. The Labute approximate surface area is 117 Å². The Kier molecular flexibility index (Phi) is 3.37. The Morgan fingerprint density at radius 3 is 3.00 bits per heavy atom. The van der Waals surface area contributed by atoms with Crippen LogP contribution in [0.2, 0.25) is 5.02 Å². The molecule has 2 unspecified atom stereocenters. The van der Waals surface area contributed by atoms with Crippen molar-refractivity contribution in [2.24, 2.45) is 0 Å². The summed E-state index contributed by atoms with van der Waals surface area (Å²) in [5, 5.41) is 13.2. The van der Waals surface area contributed by atoms with E-state index < -0.39 is 5.97 Å². The SMILES string of the molecule is O=C(O)c1ccc(Cl)cc1NC1CCN2CCCC12. The summed E-state index contributed by atoms with van der Waals surface area (Å²) in [5.41, 5.74) is 0.930. The first-order chi connectivity index (χ1) is 9.15. The maximum absolute atomic E-state index is 11.2. The summed E-state index contributed by atoms with van der Waals surface area (Å²) in [7, 11) is 0. The van der Waals surface area contributed by atoms with E-state index in [0.29, 0.717) is 28.4 Å². The minimum atomic E-state index is -0.916. The average molecular weight is 281 g/mol. The van der Waals surface area contributed by atoms with E-state index in [0.717, 1.165) is 13.0 Å². The number of fused-ring (bicyclic) bond motifs is 1. The molecule has 0 bridgehead atoms. The van der Waals surface area contributed by atoms with Crippen LogP contribution in [0.3, 0.4) is 0 Å². The van der Waals surface area contributed by atoms with Gasteiger partial charge in [0, 0.05) is 23.7 Å². The Hall–Kier alpha value is -1.26. The summed E-state index contributed by atoms with van der Waals surface area (Å²) in [6.07, 6.45) is 3.50.